The predicted octanol–water partition coefficient (Wildman–Crippen LogP) is 3.92. The Bertz CT molecular complexity index is 2770. The highest BCUT2D eigenvalue weighted by molar-refractivity contribution is 8.14. The maximum Gasteiger partial charge on any atom is 0.265 e. The van der Waals surface area contributed by atoms with Gasteiger partial charge in [-0.25, -0.2) is 16.8 Å². The minimum Gasteiger partial charge on any atom is -0.383 e. The number of nitrogens with one attached hydrogen (secondary N) is 3. The molecule has 256 valence electrons. The van der Waals surface area contributed by atoms with Crippen molar-refractivity contribution >= 4 is 62.7 Å². The molecule has 4 aromatic heterocycles. The van der Waals surface area contributed by atoms with Crippen molar-refractivity contribution < 1.29 is 16.8 Å². The highest BCUT2D eigenvalue weighted by Gasteiger charge is 2.33. The van der Waals surface area contributed by atoms with E-state index >= 15 is 0 Å². The first-order valence-corrected chi connectivity index (χ1v) is 18.9. The average Bonchev–Trinajstić information content (AvgIpc) is 3.79. The molecule has 2 aromatic carbocycles. The zero-order valence-corrected chi connectivity index (χ0v) is 28.7. The summed E-state index contributed by atoms with van der Waals surface area (Å²) in [7, 11) is -2.47. The number of hydrogen-bond donors (Lipinski definition) is 3. The zero-order valence-electron chi connectivity index (χ0n) is 26.3. The van der Waals surface area contributed by atoms with Gasteiger partial charge in [0.25, 0.3) is 30.2 Å². The van der Waals surface area contributed by atoms with Crippen LogP contribution in [-0.4, -0.2) is 49.9 Å². The van der Waals surface area contributed by atoms with Gasteiger partial charge in [-0.2, -0.15) is 10.5 Å². The molecule has 2 aliphatic heterocycles. The van der Waals surface area contributed by atoms with Crippen molar-refractivity contribution in [3.05, 3.63) is 129 Å². The van der Waals surface area contributed by atoms with E-state index in [1.54, 1.807) is 30.5 Å². The van der Waals surface area contributed by atoms with Crippen molar-refractivity contribution in [2.45, 2.75) is 22.6 Å². The number of nitriles is 2. The fourth-order valence-corrected chi connectivity index (χ4v) is 8.47. The van der Waals surface area contributed by atoms with Gasteiger partial charge >= 0.3 is 0 Å². The number of anilines is 2. The third kappa shape index (κ3) is 7.01. The largest absolute Gasteiger partial charge is 0.383 e. The number of halogens is 1. The molecule has 0 amide bonds. The van der Waals surface area contributed by atoms with Crippen LogP contribution in [0.2, 0.25) is 0 Å². The molecule has 14 nitrogen and oxygen atoms in total. The van der Waals surface area contributed by atoms with E-state index in [0.29, 0.717) is 50.5 Å². The second kappa shape index (κ2) is 14.0. The smallest absolute Gasteiger partial charge is 0.265 e. The molecule has 6 heterocycles. The van der Waals surface area contributed by atoms with Crippen molar-refractivity contribution in [2.24, 2.45) is 0 Å². The van der Waals surface area contributed by atoms with Gasteiger partial charge in [0.2, 0.25) is 0 Å². The minimum atomic E-state index is -3.89. The summed E-state index contributed by atoms with van der Waals surface area (Å²) in [5, 5.41) is 22.1. The van der Waals surface area contributed by atoms with Gasteiger partial charge in [0, 0.05) is 82.9 Å². The Balaban J connectivity index is 0.000000146. The molecule has 0 atom stereocenters. The Kier molecular flexibility index (Phi) is 9.58. The van der Waals surface area contributed by atoms with Crippen LogP contribution in [-0.2, 0) is 31.9 Å². The number of hydrogen-bond acceptors (Lipinski definition) is 11. The van der Waals surface area contributed by atoms with E-state index in [9.17, 15) is 26.4 Å². The number of benzene rings is 2. The summed E-state index contributed by atoms with van der Waals surface area (Å²) in [4.78, 5) is 36.7. The lowest BCUT2D eigenvalue weighted by molar-refractivity contribution is 0.593. The molecule has 2 aliphatic rings. The van der Waals surface area contributed by atoms with Crippen LogP contribution in [0.5, 0.6) is 0 Å². The van der Waals surface area contributed by atoms with Gasteiger partial charge in [0.15, 0.2) is 0 Å². The highest BCUT2D eigenvalue weighted by Crippen LogP contribution is 2.34. The van der Waals surface area contributed by atoms with Crippen molar-refractivity contribution in [2.75, 3.05) is 22.7 Å². The fraction of sp³-hybridized carbons (Fsp3) is 0.118. The van der Waals surface area contributed by atoms with E-state index in [1.807, 2.05) is 12.1 Å². The first-order chi connectivity index (χ1) is 24.4. The molecule has 51 heavy (non-hydrogen) atoms. The molecule has 3 N–H and O–H groups in total. The summed E-state index contributed by atoms with van der Waals surface area (Å²) in [6, 6.07) is 19.5. The van der Waals surface area contributed by atoms with E-state index < -0.39 is 19.1 Å². The maximum atomic E-state index is 13.2. The SMILES string of the molecule is N#Cc1cnc2c(c1)N(S(=O)(=O)c1cccc3c(=O)[nH]ccc13)CC2.N#Cc1cnc2c(c1)NCC2.O=c1[nH]ccc2c(S(=O)(=O)Cl)cccc12. The molecule has 8 rings (SSSR count). The van der Waals surface area contributed by atoms with Gasteiger partial charge in [-0.15, -0.1) is 0 Å². The number of aromatic amines is 2. The van der Waals surface area contributed by atoms with Gasteiger partial charge in [-0.1, -0.05) is 12.1 Å². The average molecular weight is 741 g/mol. The Morgan fingerprint density at radius 3 is 1.90 bits per heavy atom. The van der Waals surface area contributed by atoms with E-state index in [0.717, 1.165) is 24.3 Å². The summed E-state index contributed by atoms with van der Waals surface area (Å²) in [6.45, 7) is 1.19. The van der Waals surface area contributed by atoms with Crippen LogP contribution in [0.3, 0.4) is 0 Å². The number of sulfonamides is 1. The van der Waals surface area contributed by atoms with Gasteiger partial charge < -0.3 is 15.3 Å². The number of aromatic nitrogens is 4. The monoisotopic (exact) mass is 740 g/mol. The third-order valence-corrected chi connectivity index (χ3v) is 11.3. The number of pyridine rings is 4. The molecular formula is C34H25ClN8O6S2. The van der Waals surface area contributed by atoms with E-state index in [4.69, 9.17) is 21.2 Å². The Hall–Kier alpha value is -6.07. The second-order valence-corrected chi connectivity index (χ2v) is 15.5. The van der Waals surface area contributed by atoms with Crippen molar-refractivity contribution in [1.29, 1.82) is 10.5 Å². The zero-order chi connectivity index (χ0) is 36.3. The minimum absolute atomic E-state index is 0.0484. The lowest BCUT2D eigenvalue weighted by Gasteiger charge is -2.20. The van der Waals surface area contributed by atoms with Crippen LogP contribution in [0.15, 0.2) is 105 Å². The van der Waals surface area contributed by atoms with Gasteiger partial charge in [-0.3, -0.25) is 23.9 Å². The molecule has 17 heteroatoms. The lowest BCUT2D eigenvalue weighted by atomic mass is 10.2. The number of rotatable bonds is 3. The normalized spacial score (nSPS) is 13.0. The number of H-pyrrole nitrogens is 2. The third-order valence-electron chi connectivity index (χ3n) is 8.05. The topological polar surface area (TPSA) is 223 Å². The molecule has 0 fully saturated rings. The molecular weight excluding hydrogens is 716 g/mol. The van der Waals surface area contributed by atoms with Crippen LogP contribution in [0.4, 0.5) is 11.4 Å². The Morgan fingerprint density at radius 2 is 1.29 bits per heavy atom. The number of nitrogens with zero attached hydrogens (tertiary/aromatic N) is 5. The van der Waals surface area contributed by atoms with Gasteiger partial charge in [0.05, 0.1) is 43.7 Å². The molecule has 0 saturated heterocycles. The van der Waals surface area contributed by atoms with Crippen molar-refractivity contribution in [3.8, 4) is 12.1 Å². The van der Waals surface area contributed by atoms with Crippen molar-refractivity contribution in [1.82, 2.24) is 19.9 Å². The summed E-state index contributed by atoms with van der Waals surface area (Å²) in [6.07, 6.45) is 7.32. The maximum absolute atomic E-state index is 13.2. The summed E-state index contributed by atoms with van der Waals surface area (Å²) < 4.78 is 50.1. The standard InChI is InChI=1S/C17H12N4O3S.C9H6ClNO3S.C8H7N3/c18-9-11-8-15-14(20-10-11)5-7-21(15)25(23,24)16-3-1-2-13-12(16)4-6-19-17(13)22;10-15(13,14)8-3-1-2-7-6(8)4-5-11-9(7)12;9-4-6-3-8-7(11-5-6)1-2-10-8/h1-4,6,8,10H,5,7H2,(H,19,22);1-5H,(H,11,12);3,5,10H,1-2H2. The Labute approximate surface area is 295 Å². The van der Waals surface area contributed by atoms with Gasteiger partial charge in [-0.05, 0) is 48.5 Å². The molecule has 0 saturated carbocycles. The second-order valence-electron chi connectivity index (χ2n) is 11.1. The predicted molar refractivity (Wildman–Crippen MR) is 191 cm³/mol. The first-order valence-electron chi connectivity index (χ1n) is 15.1. The summed E-state index contributed by atoms with van der Waals surface area (Å²) >= 11 is 0. The fourth-order valence-electron chi connectivity index (χ4n) is 5.69. The summed E-state index contributed by atoms with van der Waals surface area (Å²) in [5.74, 6) is 0. The Morgan fingerprint density at radius 1 is 0.725 bits per heavy atom. The van der Waals surface area contributed by atoms with Crippen molar-refractivity contribution in [3.63, 3.8) is 0 Å². The van der Waals surface area contributed by atoms with E-state index in [2.05, 4.69) is 31.3 Å². The van der Waals surface area contributed by atoms with Crippen LogP contribution in [0.25, 0.3) is 21.5 Å². The summed E-state index contributed by atoms with van der Waals surface area (Å²) in [5.41, 5.74) is 3.39. The first kappa shape index (κ1) is 34.8. The molecule has 6 aromatic rings. The molecule has 0 aliphatic carbocycles. The molecule has 0 unspecified atom stereocenters. The quantitative estimate of drug-likeness (QED) is 0.221. The molecule has 0 spiro atoms. The highest BCUT2D eigenvalue weighted by atomic mass is 35.7. The van der Waals surface area contributed by atoms with Gasteiger partial charge in [0.1, 0.15) is 12.1 Å². The lowest BCUT2D eigenvalue weighted by Crippen LogP contribution is -2.29. The van der Waals surface area contributed by atoms with E-state index in [1.165, 1.54) is 53.2 Å². The van der Waals surface area contributed by atoms with Crippen LogP contribution in [0, 0.1) is 22.7 Å². The van der Waals surface area contributed by atoms with Crippen LogP contribution in [0.1, 0.15) is 22.5 Å². The number of fused-ring (bicyclic) bond motifs is 4. The van der Waals surface area contributed by atoms with Crippen LogP contribution < -0.4 is 20.7 Å². The van der Waals surface area contributed by atoms with E-state index in [-0.39, 0.29) is 27.5 Å². The van der Waals surface area contributed by atoms with Crippen LogP contribution >= 0.6 is 10.7 Å². The molecule has 0 bridgehead atoms. The molecule has 0 radical (unpaired) electrons.